The van der Waals surface area contributed by atoms with Gasteiger partial charge in [-0.15, -0.1) is 11.3 Å². The molecule has 0 saturated heterocycles. The number of nitrogens with two attached hydrogens (primary N) is 1. The van der Waals surface area contributed by atoms with Crippen LogP contribution >= 0.6 is 23.1 Å². The van der Waals surface area contributed by atoms with E-state index in [0.29, 0.717) is 5.25 Å². The number of hydrogen-bond acceptors (Lipinski definition) is 3. The highest BCUT2D eigenvalue weighted by atomic mass is 32.2. The van der Waals surface area contributed by atoms with Gasteiger partial charge in [0.2, 0.25) is 0 Å². The second-order valence-electron chi connectivity index (χ2n) is 5.07. The van der Waals surface area contributed by atoms with Crippen LogP contribution in [0.4, 0.5) is 0 Å². The number of aromatic amines is 1. The van der Waals surface area contributed by atoms with Crippen molar-refractivity contribution in [2.24, 2.45) is 5.73 Å². The topological polar surface area (TPSA) is 41.8 Å². The Hall–Kier alpha value is -1.23. The van der Waals surface area contributed by atoms with Gasteiger partial charge in [-0.2, -0.15) is 0 Å². The molecule has 0 aliphatic carbocycles. The average Bonchev–Trinajstić information content (AvgIpc) is 3.01. The van der Waals surface area contributed by atoms with Crippen LogP contribution < -0.4 is 5.73 Å². The van der Waals surface area contributed by atoms with Gasteiger partial charge >= 0.3 is 0 Å². The molecule has 2 nitrogen and oxygen atoms in total. The molecular weight excluding hydrogens is 284 g/mol. The molecule has 0 saturated carbocycles. The van der Waals surface area contributed by atoms with Crippen LogP contribution in [0.3, 0.4) is 0 Å². The fraction of sp³-hybridized carbons (Fsp3) is 0.250. The molecule has 3 rings (SSSR count). The molecule has 0 aliphatic heterocycles. The fourth-order valence-corrected chi connectivity index (χ4v) is 4.59. The Labute approximate surface area is 127 Å². The number of nitrogens with one attached hydrogen (secondary N) is 1. The summed E-state index contributed by atoms with van der Waals surface area (Å²) in [4.78, 5) is 6.15. The minimum absolute atomic E-state index is 0.115. The van der Waals surface area contributed by atoms with Gasteiger partial charge in [-0.3, -0.25) is 0 Å². The van der Waals surface area contributed by atoms with Gasteiger partial charge in [0.15, 0.2) is 0 Å². The summed E-state index contributed by atoms with van der Waals surface area (Å²) in [7, 11) is 0. The van der Waals surface area contributed by atoms with Crippen LogP contribution in [0.1, 0.15) is 21.9 Å². The Bertz CT molecular complexity index is 679. The van der Waals surface area contributed by atoms with E-state index in [1.807, 2.05) is 23.1 Å². The zero-order chi connectivity index (χ0) is 14.1. The third kappa shape index (κ3) is 2.77. The number of benzene rings is 1. The van der Waals surface area contributed by atoms with E-state index in [1.54, 1.807) is 0 Å². The van der Waals surface area contributed by atoms with Crippen LogP contribution in [-0.4, -0.2) is 11.0 Å². The fourth-order valence-electron chi connectivity index (χ4n) is 2.28. The molecule has 3 N–H and O–H groups in total. The Kier molecular flexibility index (Phi) is 3.87. The van der Waals surface area contributed by atoms with E-state index in [-0.39, 0.29) is 6.04 Å². The summed E-state index contributed by atoms with van der Waals surface area (Å²) in [6, 6.07) is 15.0. The molecule has 2 atom stereocenters. The highest BCUT2D eigenvalue weighted by Gasteiger charge is 2.20. The van der Waals surface area contributed by atoms with E-state index in [2.05, 4.69) is 61.3 Å². The quantitative estimate of drug-likeness (QED) is 0.685. The number of thiophene rings is 1. The van der Waals surface area contributed by atoms with Crippen molar-refractivity contribution >= 4 is 34.0 Å². The SMILES string of the molecule is Cc1ccc(C(Sc2cc3ccccc3[nH]2)C(C)N)s1. The Morgan fingerprint density at radius 2 is 2.00 bits per heavy atom. The zero-order valence-corrected chi connectivity index (χ0v) is 13.2. The normalized spacial score (nSPS) is 14.6. The van der Waals surface area contributed by atoms with Crippen LogP contribution in [0.15, 0.2) is 47.5 Å². The van der Waals surface area contributed by atoms with Crippen molar-refractivity contribution in [1.82, 2.24) is 4.98 Å². The predicted octanol–water partition coefficient (Wildman–Crippen LogP) is 4.72. The zero-order valence-electron chi connectivity index (χ0n) is 11.6. The summed E-state index contributed by atoms with van der Waals surface area (Å²) in [5.74, 6) is 0. The third-order valence-electron chi connectivity index (χ3n) is 3.28. The molecule has 3 aromatic rings. The maximum absolute atomic E-state index is 6.19. The molecule has 0 bridgehead atoms. The van der Waals surface area contributed by atoms with Gasteiger partial charge in [0.25, 0.3) is 0 Å². The Morgan fingerprint density at radius 3 is 2.65 bits per heavy atom. The number of para-hydroxylation sites is 1. The molecule has 2 heterocycles. The third-order valence-corrected chi connectivity index (χ3v) is 5.92. The van der Waals surface area contributed by atoms with Crippen LogP contribution in [0, 0.1) is 6.92 Å². The number of hydrogen-bond donors (Lipinski definition) is 2. The van der Waals surface area contributed by atoms with Crippen molar-refractivity contribution in [2.75, 3.05) is 0 Å². The van der Waals surface area contributed by atoms with Crippen molar-refractivity contribution in [3.63, 3.8) is 0 Å². The van der Waals surface area contributed by atoms with E-state index in [9.17, 15) is 0 Å². The minimum Gasteiger partial charge on any atom is -0.350 e. The van der Waals surface area contributed by atoms with E-state index < -0.39 is 0 Å². The molecule has 0 aliphatic rings. The lowest BCUT2D eigenvalue weighted by atomic mass is 10.2. The van der Waals surface area contributed by atoms with Crippen LogP contribution in [0.5, 0.6) is 0 Å². The minimum atomic E-state index is 0.115. The van der Waals surface area contributed by atoms with Gasteiger partial charge in [0.05, 0.1) is 10.3 Å². The monoisotopic (exact) mass is 302 g/mol. The molecular formula is C16H18N2S2. The van der Waals surface area contributed by atoms with Crippen molar-refractivity contribution < 1.29 is 0 Å². The number of rotatable bonds is 4. The molecule has 4 heteroatoms. The first-order chi connectivity index (χ1) is 9.63. The number of aryl methyl sites for hydroxylation is 1. The summed E-state index contributed by atoms with van der Waals surface area (Å²) in [5, 5.41) is 2.72. The standard InChI is InChI=1S/C16H18N2S2/c1-10-7-8-14(19-10)16(11(2)17)20-15-9-12-5-3-4-6-13(12)18-15/h3-9,11,16,18H,17H2,1-2H3. The van der Waals surface area contributed by atoms with Gasteiger partial charge in [0, 0.05) is 26.7 Å². The van der Waals surface area contributed by atoms with Crippen LogP contribution in [-0.2, 0) is 0 Å². The van der Waals surface area contributed by atoms with E-state index in [4.69, 9.17) is 5.73 Å². The summed E-state index contributed by atoms with van der Waals surface area (Å²) in [6.07, 6.45) is 0. The number of aromatic nitrogens is 1. The molecule has 2 aromatic heterocycles. The highest BCUT2D eigenvalue weighted by Crippen LogP contribution is 2.40. The van der Waals surface area contributed by atoms with Gasteiger partial charge in [-0.25, -0.2) is 0 Å². The predicted molar refractivity (Wildman–Crippen MR) is 89.6 cm³/mol. The summed E-state index contributed by atoms with van der Waals surface area (Å²) < 4.78 is 0. The molecule has 1 aromatic carbocycles. The van der Waals surface area contributed by atoms with Gasteiger partial charge < -0.3 is 10.7 Å². The first-order valence-electron chi connectivity index (χ1n) is 6.70. The molecule has 2 unspecified atom stereocenters. The van der Waals surface area contributed by atoms with Crippen molar-refractivity contribution in [3.05, 3.63) is 52.2 Å². The summed E-state index contributed by atoms with van der Waals surface area (Å²) in [5.41, 5.74) is 7.37. The summed E-state index contributed by atoms with van der Waals surface area (Å²) in [6.45, 7) is 4.22. The Balaban J connectivity index is 1.89. The second kappa shape index (κ2) is 5.64. The van der Waals surface area contributed by atoms with Crippen molar-refractivity contribution in [2.45, 2.75) is 30.2 Å². The molecule has 0 amide bonds. The van der Waals surface area contributed by atoms with Gasteiger partial charge in [-0.05, 0) is 38.1 Å². The van der Waals surface area contributed by atoms with Crippen LogP contribution in [0.25, 0.3) is 10.9 Å². The highest BCUT2D eigenvalue weighted by molar-refractivity contribution is 7.99. The lowest BCUT2D eigenvalue weighted by molar-refractivity contribution is 0.729. The largest absolute Gasteiger partial charge is 0.350 e. The lowest BCUT2D eigenvalue weighted by Gasteiger charge is -2.18. The Morgan fingerprint density at radius 1 is 1.20 bits per heavy atom. The van der Waals surface area contributed by atoms with Crippen molar-refractivity contribution in [1.29, 1.82) is 0 Å². The maximum atomic E-state index is 6.19. The van der Waals surface area contributed by atoms with Crippen LogP contribution in [0.2, 0.25) is 0 Å². The average molecular weight is 302 g/mol. The molecule has 0 spiro atoms. The van der Waals surface area contributed by atoms with Gasteiger partial charge in [0.1, 0.15) is 0 Å². The van der Waals surface area contributed by atoms with Crippen molar-refractivity contribution in [3.8, 4) is 0 Å². The summed E-state index contributed by atoms with van der Waals surface area (Å²) >= 11 is 3.65. The van der Waals surface area contributed by atoms with E-state index in [1.165, 1.54) is 25.7 Å². The molecule has 20 heavy (non-hydrogen) atoms. The molecule has 0 radical (unpaired) electrons. The number of H-pyrrole nitrogens is 1. The smallest absolute Gasteiger partial charge is 0.0739 e. The number of fused-ring (bicyclic) bond motifs is 1. The van der Waals surface area contributed by atoms with E-state index in [0.717, 1.165) is 0 Å². The maximum Gasteiger partial charge on any atom is 0.0739 e. The van der Waals surface area contributed by atoms with E-state index >= 15 is 0 Å². The number of thioether (sulfide) groups is 1. The lowest BCUT2D eigenvalue weighted by Crippen LogP contribution is -2.21. The first-order valence-corrected chi connectivity index (χ1v) is 8.39. The molecule has 0 fully saturated rings. The van der Waals surface area contributed by atoms with Gasteiger partial charge in [-0.1, -0.05) is 30.0 Å². The first kappa shape index (κ1) is 13.7. The molecule has 104 valence electrons. The second-order valence-corrected chi connectivity index (χ2v) is 7.57.